The Kier molecular flexibility index (Phi) is 4.26. The minimum absolute atomic E-state index is 0.139. The highest BCUT2D eigenvalue weighted by molar-refractivity contribution is 9.10. The van der Waals surface area contributed by atoms with E-state index in [1.807, 2.05) is 24.3 Å². The van der Waals surface area contributed by atoms with Gasteiger partial charge in [-0.25, -0.2) is 13.8 Å². The second-order valence-corrected chi connectivity index (χ2v) is 7.14. The second-order valence-electron chi connectivity index (χ2n) is 6.35. The maximum Gasteiger partial charge on any atom is 0.283 e. The molecule has 1 N–H and O–H groups in total. The van der Waals surface area contributed by atoms with Crippen molar-refractivity contribution in [2.24, 2.45) is 7.05 Å². The number of amides is 1. The number of fused-ring (bicyclic) bond motifs is 1. The standard InChI is InChI=1S/C17H16BrF2N5O/c1-24-11-5-3-2-4-10(11)21-17(24)22-12(26)8-25-15(9-6-7-9)13(18)14(23-25)16(19)20/h2-5,9,16H,6-8H2,1H3,(H,21,22,26). The maximum absolute atomic E-state index is 13.1. The molecule has 2 aromatic heterocycles. The first-order valence-corrected chi connectivity index (χ1v) is 9.00. The van der Waals surface area contributed by atoms with E-state index in [1.54, 1.807) is 11.6 Å². The monoisotopic (exact) mass is 423 g/mol. The van der Waals surface area contributed by atoms with Crippen molar-refractivity contribution < 1.29 is 13.6 Å². The minimum Gasteiger partial charge on any atom is -0.313 e. The van der Waals surface area contributed by atoms with Crippen molar-refractivity contribution in [3.63, 3.8) is 0 Å². The first kappa shape index (κ1) is 17.1. The highest BCUT2D eigenvalue weighted by Crippen LogP contribution is 2.45. The van der Waals surface area contributed by atoms with Crippen LogP contribution >= 0.6 is 15.9 Å². The molecule has 0 atom stereocenters. The molecule has 3 aromatic rings. The lowest BCUT2D eigenvalue weighted by atomic mass is 10.2. The molecule has 26 heavy (non-hydrogen) atoms. The Morgan fingerprint density at radius 1 is 1.38 bits per heavy atom. The molecule has 1 aliphatic carbocycles. The molecule has 1 fully saturated rings. The fourth-order valence-electron chi connectivity index (χ4n) is 3.04. The van der Waals surface area contributed by atoms with Crippen LogP contribution in [0.3, 0.4) is 0 Å². The van der Waals surface area contributed by atoms with Crippen LogP contribution in [-0.2, 0) is 18.4 Å². The number of para-hydroxylation sites is 2. The summed E-state index contributed by atoms with van der Waals surface area (Å²) in [5, 5.41) is 6.69. The largest absolute Gasteiger partial charge is 0.313 e. The number of carbonyl (C=O) groups is 1. The lowest BCUT2D eigenvalue weighted by Crippen LogP contribution is -2.22. The van der Waals surface area contributed by atoms with Crippen LogP contribution in [0.1, 0.15) is 36.6 Å². The molecular formula is C17H16BrF2N5O. The molecule has 1 amide bonds. The van der Waals surface area contributed by atoms with Gasteiger partial charge in [0, 0.05) is 13.0 Å². The van der Waals surface area contributed by atoms with Gasteiger partial charge in [-0.2, -0.15) is 5.10 Å². The molecule has 6 nitrogen and oxygen atoms in total. The van der Waals surface area contributed by atoms with Gasteiger partial charge in [0.1, 0.15) is 12.2 Å². The molecule has 0 spiro atoms. The van der Waals surface area contributed by atoms with Gasteiger partial charge < -0.3 is 4.57 Å². The number of rotatable bonds is 5. The first-order valence-electron chi connectivity index (χ1n) is 8.21. The van der Waals surface area contributed by atoms with E-state index >= 15 is 0 Å². The van der Waals surface area contributed by atoms with E-state index in [2.05, 4.69) is 31.3 Å². The van der Waals surface area contributed by atoms with E-state index < -0.39 is 6.43 Å². The van der Waals surface area contributed by atoms with Crippen molar-refractivity contribution in [3.05, 3.63) is 40.1 Å². The number of nitrogens with one attached hydrogen (secondary N) is 1. The average molecular weight is 424 g/mol. The zero-order valence-electron chi connectivity index (χ0n) is 13.9. The summed E-state index contributed by atoms with van der Waals surface area (Å²) in [7, 11) is 1.81. The van der Waals surface area contributed by atoms with Crippen LogP contribution in [0.5, 0.6) is 0 Å². The fraction of sp³-hybridized carbons (Fsp3) is 0.353. The highest BCUT2D eigenvalue weighted by atomic mass is 79.9. The number of benzene rings is 1. The number of imidazole rings is 1. The van der Waals surface area contributed by atoms with Crippen LogP contribution in [-0.4, -0.2) is 25.2 Å². The summed E-state index contributed by atoms with van der Waals surface area (Å²) in [6.07, 6.45) is -0.857. The van der Waals surface area contributed by atoms with E-state index in [4.69, 9.17) is 0 Å². The number of alkyl halides is 2. The van der Waals surface area contributed by atoms with Gasteiger partial charge in [-0.05, 0) is 40.9 Å². The Morgan fingerprint density at radius 2 is 2.12 bits per heavy atom. The third-order valence-corrected chi connectivity index (χ3v) is 5.27. The van der Waals surface area contributed by atoms with Gasteiger partial charge in [-0.3, -0.25) is 14.8 Å². The summed E-state index contributed by atoms with van der Waals surface area (Å²) in [4.78, 5) is 16.9. The molecule has 0 aliphatic heterocycles. The SMILES string of the molecule is Cn1c(NC(=O)Cn2nc(C(F)F)c(Br)c2C2CC2)nc2ccccc21. The van der Waals surface area contributed by atoms with Gasteiger partial charge in [0.2, 0.25) is 11.9 Å². The molecule has 136 valence electrons. The van der Waals surface area contributed by atoms with Crippen LogP contribution < -0.4 is 5.32 Å². The summed E-state index contributed by atoms with van der Waals surface area (Å²) in [5.41, 5.74) is 2.01. The van der Waals surface area contributed by atoms with Crippen molar-refractivity contribution in [1.29, 1.82) is 0 Å². The molecule has 2 heterocycles. The van der Waals surface area contributed by atoms with E-state index in [0.29, 0.717) is 16.1 Å². The number of aromatic nitrogens is 4. The Labute approximate surface area is 156 Å². The molecule has 4 rings (SSSR count). The van der Waals surface area contributed by atoms with Gasteiger partial charge in [0.25, 0.3) is 6.43 Å². The van der Waals surface area contributed by atoms with Crippen molar-refractivity contribution >= 4 is 38.8 Å². The highest BCUT2D eigenvalue weighted by Gasteiger charge is 2.34. The van der Waals surface area contributed by atoms with Gasteiger partial charge >= 0.3 is 0 Å². The normalized spacial score (nSPS) is 14.3. The number of anilines is 1. The van der Waals surface area contributed by atoms with Crippen LogP contribution in [0.4, 0.5) is 14.7 Å². The van der Waals surface area contributed by atoms with Gasteiger partial charge in [-0.1, -0.05) is 12.1 Å². The molecule has 0 radical (unpaired) electrons. The second kappa shape index (κ2) is 6.46. The Bertz CT molecular complexity index is 993. The predicted octanol–water partition coefficient (Wildman–Crippen LogP) is 3.99. The van der Waals surface area contributed by atoms with E-state index in [0.717, 1.165) is 23.9 Å². The lowest BCUT2D eigenvalue weighted by molar-refractivity contribution is -0.117. The van der Waals surface area contributed by atoms with E-state index in [-0.39, 0.29) is 24.1 Å². The molecule has 0 bridgehead atoms. The summed E-state index contributed by atoms with van der Waals surface area (Å²) in [6, 6.07) is 7.53. The number of halogens is 3. The number of carbonyl (C=O) groups excluding carboxylic acids is 1. The Hall–Kier alpha value is -2.29. The van der Waals surface area contributed by atoms with Crippen LogP contribution in [0.15, 0.2) is 28.7 Å². The smallest absolute Gasteiger partial charge is 0.283 e. The van der Waals surface area contributed by atoms with Crippen LogP contribution in [0.25, 0.3) is 11.0 Å². The summed E-state index contributed by atoms with van der Waals surface area (Å²) in [5.74, 6) is 0.221. The quantitative estimate of drug-likeness (QED) is 0.674. The zero-order chi connectivity index (χ0) is 18.4. The topological polar surface area (TPSA) is 64.7 Å². The summed E-state index contributed by atoms with van der Waals surface area (Å²) in [6.45, 7) is -0.139. The predicted molar refractivity (Wildman–Crippen MR) is 96.2 cm³/mol. The molecule has 9 heteroatoms. The number of nitrogens with zero attached hydrogens (tertiary/aromatic N) is 4. The van der Waals surface area contributed by atoms with Crippen molar-refractivity contribution in [3.8, 4) is 0 Å². The summed E-state index contributed by atoms with van der Waals surface area (Å²) >= 11 is 3.22. The van der Waals surface area contributed by atoms with Gasteiger partial charge in [-0.15, -0.1) is 0 Å². The third kappa shape index (κ3) is 3.00. The molecule has 1 aromatic carbocycles. The van der Waals surface area contributed by atoms with Gasteiger partial charge in [0.05, 0.1) is 21.2 Å². The van der Waals surface area contributed by atoms with Crippen molar-refractivity contribution in [2.75, 3.05) is 5.32 Å². The van der Waals surface area contributed by atoms with Crippen molar-refractivity contribution in [2.45, 2.75) is 31.7 Å². The Morgan fingerprint density at radius 3 is 2.77 bits per heavy atom. The van der Waals surface area contributed by atoms with Crippen LogP contribution in [0.2, 0.25) is 0 Å². The molecule has 1 saturated carbocycles. The number of hydrogen-bond acceptors (Lipinski definition) is 3. The third-order valence-electron chi connectivity index (χ3n) is 4.46. The Balaban J connectivity index is 1.58. The van der Waals surface area contributed by atoms with E-state index in [1.165, 1.54) is 4.68 Å². The molecule has 0 saturated heterocycles. The van der Waals surface area contributed by atoms with Crippen molar-refractivity contribution in [1.82, 2.24) is 19.3 Å². The lowest BCUT2D eigenvalue weighted by Gasteiger charge is -2.08. The molecule has 1 aliphatic rings. The number of hydrogen-bond donors (Lipinski definition) is 1. The summed E-state index contributed by atoms with van der Waals surface area (Å²) < 4.78 is 29.7. The van der Waals surface area contributed by atoms with Gasteiger partial charge in [0.15, 0.2) is 0 Å². The first-order chi connectivity index (χ1) is 12.5. The van der Waals surface area contributed by atoms with Crippen LogP contribution in [0, 0.1) is 0 Å². The average Bonchev–Trinajstić information content (AvgIpc) is 3.31. The maximum atomic E-state index is 13.1. The minimum atomic E-state index is -2.69. The fourth-order valence-corrected chi connectivity index (χ4v) is 3.82. The molecule has 0 unspecified atom stereocenters. The van der Waals surface area contributed by atoms with E-state index in [9.17, 15) is 13.6 Å². The molecular weight excluding hydrogens is 408 g/mol. The zero-order valence-corrected chi connectivity index (χ0v) is 15.5. The number of aryl methyl sites for hydroxylation is 1.